The van der Waals surface area contributed by atoms with E-state index in [0.29, 0.717) is 12.1 Å². The predicted molar refractivity (Wildman–Crippen MR) is 104 cm³/mol. The molecular weight excluding hydrogens is 338 g/mol. The number of carbonyl (C=O) groups is 1. The number of carbonyl (C=O) groups excluding carboxylic acids is 1. The average molecular weight is 367 g/mol. The number of aryl methyl sites for hydroxylation is 2. The van der Waals surface area contributed by atoms with Gasteiger partial charge in [0, 0.05) is 37.6 Å². The Kier molecular flexibility index (Phi) is 5.53. The zero-order chi connectivity index (χ0) is 18.6. The van der Waals surface area contributed by atoms with Gasteiger partial charge in [-0.2, -0.15) is 5.10 Å². The maximum absolute atomic E-state index is 12.3. The SMILES string of the molecule is Cc1ccc(C(=O)NCc2cc3n(n2)CCCN(C2CCCCC2)C3)cn1. The van der Waals surface area contributed by atoms with E-state index in [4.69, 9.17) is 5.10 Å². The van der Waals surface area contributed by atoms with Crippen LogP contribution in [0, 0.1) is 6.92 Å². The summed E-state index contributed by atoms with van der Waals surface area (Å²) in [5.41, 5.74) is 3.71. The van der Waals surface area contributed by atoms with Gasteiger partial charge in [-0.05, 0) is 44.4 Å². The molecule has 1 aliphatic heterocycles. The van der Waals surface area contributed by atoms with Crippen LogP contribution in [0.3, 0.4) is 0 Å². The zero-order valence-corrected chi connectivity index (χ0v) is 16.2. The van der Waals surface area contributed by atoms with Crippen LogP contribution in [0.2, 0.25) is 0 Å². The van der Waals surface area contributed by atoms with Gasteiger partial charge in [0.2, 0.25) is 0 Å². The second kappa shape index (κ2) is 8.21. The van der Waals surface area contributed by atoms with Crippen LogP contribution in [0.15, 0.2) is 24.4 Å². The Bertz CT molecular complexity index is 776. The minimum Gasteiger partial charge on any atom is -0.346 e. The molecule has 1 aliphatic carbocycles. The summed E-state index contributed by atoms with van der Waals surface area (Å²) in [5, 5.41) is 7.70. The summed E-state index contributed by atoms with van der Waals surface area (Å²) in [5.74, 6) is -0.102. The third-order valence-corrected chi connectivity index (χ3v) is 5.79. The molecule has 6 nitrogen and oxygen atoms in total. The number of pyridine rings is 1. The van der Waals surface area contributed by atoms with Crippen LogP contribution < -0.4 is 5.32 Å². The van der Waals surface area contributed by atoms with Gasteiger partial charge in [-0.15, -0.1) is 0 Å². The number of amides is 1. The van der Waals surface area contributed by atoms with Crippen molar-refractivity contribution in [2.75, 3.05) is 6.54 Å². The highest BCUT2D eigenvalue weighted by molar-refractivity contribution is 5.93. The molecule has 0 bridgehead atoms. The van der Waals surface area contributed by atoms with Gasteiger partial charge in [0.05, 0.1) is 23.5 Å². The van der Waals surface area contributed by atoms with E-state index in [-0.39, 0.29) is 5.91 Å². The van der Waals surface area contributed by atoms with Crippen molar-refractivity contribution in [2.24, 2.45) is 0 Å². The summed E-state index contributed by atoms with van der Waals surface area (Å²) >= 11 is 0. The van der Waals surface area contributed by atoms with Gasteiger partial charge in [-0.25, -0.2) is 0 Å². The fourth-order valence-corrected chi connectivity index (χ4v) is 4.27. The van der Waals surface area contributed by atoms with E-state index in [1.807, 2.05) is 19.1 Å². The molecular formula is C21H29N5O. The molecule has 0 saturated heterocycles. The highest BCUT2D eigenvalue weighted by atomic mass is 16.1. The summed E-state index contributed by atoms with van der Waals surface area (Å²) in [7, 11) is 0. The third-order valence-electron chi connectivity index (χ3n) is 5.79. The van der Waals surface area contributed by atoms with Crippen LogP contribution in [-0.4, -0.2) is 38.2 Å². The summed E-state index contributed by atoms with van der Waals surface area (Å²) in [6.07, 6.45) is 9.56. The summed E-state index contributed by atoms with van der Waals surface area (Å²) in [4.78, 5) is 19.1. The number of nitrogens with one attached hydrogen (secondary N) is 1. The van der Waals surface area contributed by atoms with E-state index < -0.39 is 0 Å². The number of fused-ring (bicyclic) bond motifs is 1. The second-order valence-electron chi connectivity index (χ2n) is 7.84. The average Bonchev–Trinajstić information content (AvgIpc) is 2.97. The van der Waals surface area contributed by atoms with E-state index in [2.05, 4.69) is 25.9 Å². The fourth-order valence-electron chi connectivity index (χ4n) is 4.27. The second-order valence-corrected chi connectivity index (χ2v) is 7.84. The topological polar surface area (TPSA) is 63.1 Å². The number of nitrogens with zero attached hydrogens (tertiary/aromatic N) is 4. The standard InChI is InChI=1S/C21H29N5O/c1-16-8-9-17(13-22-16)21(27)23-14-18-12-20-15-25(10-5-11-26(20)24-18)19-6-3-2-4-7-19/h8-9,12-13,19H,2-7,10-11,14-15H2,1H3,(H,23,27). The summed E-state index contributed by atoms with van der Waals surface area (Å²) in [6, 6.07) is 6.56. The van der Waals surface area contributed by atoms with Crippen molar-refractivity contribution < 1.29 is 4.79 Å². The molecule has 6 heteroatoms. The number of aromatic nitrogens is 3. The van der Waals surface area contributed by atoms with Crippen LogP contribution >= 0.6 is 0 Å². The predicted octanol–water partition coefficient (Wildman–Crippen LogP) is 3.05. The van der Waals surface area contributed by atoms with Gasteiger partial charge in [0.1, 0.15) is 0 Å². The Labute approximate surface area is 161 Å². The van der Waals surface area contributed by atoms with Crippen LogP contribution in [-0.2, 0) is 19.6 Å². The molecule has 0 unspecified atom stereocenters. The Morgan fingerprint density at radius 2 is 2.04 bits per heavy atom. The smallest absolute Gasteiger partial charge is 0.253 e. The molecule has 1 N–H and O–H groups in total. The number of hydrogen-bond donors (Lipinski definition) is 1. The summed E-state index contributed by atoms with van der Waals surface area (Å²) in [6.45, 7) is 5.48. The van der Waals surface area contributed by atoms with Crippen molar-refractivity contribution in [1.82, 2.24) is 25.0 Å². The van der Waals surface area contributed by atoms with Gasteiger partial charge in [0.25, 0.3) is 5.91 Å². The lowest BCUT2D eigenvalue weighted by atomic mass is 9.94. The maximum Gasteiger partial charge on any atom is 0.253 e. The lowest BCUT2D eigenvalue weighted by Crippen LogP contribution is -2.36. The first-order valence-corrected chi connectivity index (χ1v) is 10.2. The highest BCUT2D eigenvalue weighted by Crippen LogP contribution is 2.26. The van der Waals surface area contributed by atoms with Crippen LogP contribution in [0.4, 0.5) is 0 Å². The quantitative estimate of drug-likeness (QED) is 0.902. The van der Waals surface area contributed by atoms with E-state index in [9.17, 15) is 4.79 Å². The Morgan fingerprint density at radius 3 is 2.81 bits per heavy atom. The first-order valence-electron chi connectivity index (χ1n) is 10.2. The third kappa shape index (κ3) is 4.38. The van der Waals surface area contributed by atoms with Crippen molar-refractivity contribution in [2.45, 2.75) is 71.1 Å². The Hall–Kier alpha value is -2.21. The van der Waals surface area contributed by atoms with Gasteiger partial charge in [-0.3, -0.25) is 19.4 Å². The monoisotopic (exact) mass is 367 g/mol. The highest BCUT2D eigenvalue weighted by Gasteiger charge is 2.24. The van der Waals surface area contributed by atoms with Crippen molar-refractivity contribution in [3.05, 3.63) is 47.0 Å². The van der Waals surface area contributed by atoms with Crippen LogP contribution in [0.5, 0.6) is 0 Å². The van der Waals surface area contributed by atoms with Crippen LogP contribution in [0.25, 0.3) is 0 Å². The fraction of sp³-hybridized carbons (Fsp3) is 0.571. The normalized spacial score (nSPS) is 18.7. The van der Waals surface area contributed by atoms with Crippen LogP contribution in [0.1, 0.15) is 66.0 Å². The Morgan fingerprint density at radius 1 is 1.19 bits per heavy atom. The first-order chi connectivity index (χ1) is 13.2. The minimum absolute atomic E-state index is 0.102. The first kappa shape index (κ1) is 18.2. The molecule has 0 atom stereocenters. The van der Waals surface area contributed by atoms with E-state index in [1.54, 1.807) is 6.20 Å². The molecule has 3 heterocycles. The molecule has 144 valence electrons. The number of rotatable bonds is 4. The molecule has 2 aromatic rings. The summed E-state index contributed by atoms with van der Waals surface area (Å²) < 4.78 is 2.14. The molecule has 0 aromatic carbocycles. The van der Waals surface area contributed by atoms with E-state index in [1.165, 1.54) is 44.3 Å². The lowest BCUT2D eigenvalue weighted by Gasteiger charge is -2.33. The zero-order valence-electron chi connectivity index (χ0n) is 16.2. The molecule has 2 aromatic heterocycles. The van der Waals surface area contributed by atoms with Gasteiger partial charge in [0.15, 0.2) is 0 Å². The largest absolute Gasteiger partial charge is 0.346 e. The molecule has 4 rings (SSSR count). The lowest BCUT2D eigenvalue weighted by molar-refractivity contribution is 0.0950. The molecule has 1 amide bonds. The molecule has 27 heavy (non-hydrogen) atoms. The van der Waals surface area contributed by atoms with E-state index >= 15 is 0 Å². The van der Waals surface area contributed by atoms with E-state index in [0.717, 1.165) is 36.9 Å². The molecule has 2 aliphatic rings. The van der Waals surface area contributed by atoms with Crippen molar-refractivity contribution in [3.63, 3.8) is 0 Å². The maximum atomic E-state index is 12.3. The molecule has 0 radical (unpaired) electrons. The van der Waals surface area contributed by atoms with Gasteiger partial charge >= 0.3 is 0 Å². The number of hydrogen-bond acceptors (Lipinski definition) is 4. The minimum atomic E-state index is -0.102. The van der Waals surface area contributed by atoms with Crippen molar-refractivity contribution in [3.8, 4) is 0 Å². The molecule has 0 spiro atoms. The van der Waals surface area contributed by atoms with Crippen molar-refractivity contribution >= 4 is 5.91 Å². The molecule has 1 fully saturated rings. The Balaban J connectivity index is 1.38. The molecule has 1 saturated carbocycles. The van der Waals surface area contributed by atoms with Crippen molar-refractivity contribution in [1.29, 1.82) is 0 Å². The van der Waals surface area contributed by atoms with Gasteiger partial charge in [-0.1, -0.05) is 19.3 Å². The van der Waals surface area contributed by atoms with Gasteiger partial charge < -0.3 is 5.32 Å².